The summed E-state index contributed by atoms with van der Waals surface area (Å²) < 4.78 is 65.5. The molecule has 3 atom stereocenters. The van der Waals surface area contributed by atoms with Crippen LogP contribution < -0.4 is 9.80 Å². The Morgan fingerprint density at radius 3 is 2.44 bits per heavy atom. The quantitative estimate of drug-likeness (QED) is 0.625. The van der Waals surface area contributed by atoms with Crippen LogP contribution >= 0.6 is 0 Å². The summed E-state index contributed by atoms with van der Waals surface area (Å²) >= 11 is 0. The number of fused-ring (bicyclic) bond motifs is 1. The molecule has 4 heterocycles. The zero-order valence-electron chi connectivity index (χ0n) is 19.0. The molecule has 2 amide bonds. The number of anilines is 2. The third kappa shape index (κ3) is 4.11. The molecule has 0 N–H and O–H groups in total. The van der Waals surface area contributed by atoms with Crippen LogP contribution in [0.15, 0.2) is 24.3 Å². The summed E-state index contributed by atoms with van der Waals surface area (Å²) in [5.74, 6) is -3.50. The summed E-state index contributed by atoms with van der Waals surface area (Å²) in [7, 11) is 1.36. The molecule has 2 saturated heterocycles. The van der Waals surface area contributed by atoms with Gasteiger partial charge in [-0.2, -0.15) is 13.2 Å². The minimum atomic E-state index is -4.69. The van der Waals surface area contributed by atoms with Crippen molar-refractivity contribution >= 4 is 23.5 Å². The Labute approximate surface area is 192 Å². The Morgan fingerprint density at radius 2 is 1.82 bits per heavy atom. The summed E-state index contributed by atoms with van der Waals surface area (Å²) in [5, 5.41) is 0. The molecule has 2 fully saturated rings. The Kier molecular flexibility index (Phi) is 5.64. The van der Waals surface area contributed by atoms with Crippen LogP contribution in [0.5, 0.6) is 0 Å². The smallest absolute Gasteiger partial charge is 0.341 e. The highest BCUT2D eigenvalue weighted by molar-refractivity contribution is 6.10. The second kappa shape index (κ2) is 7.98. The number of aromatic nitrogens is 2. The number of amides is 2. The molecule has 0 bridgehead atoms. The molecule has 0 aromatic carbocycles. The van der Waals surface area contributed by atoms with Crippen molar-refractivity contribution in [1.29, 1.82) is 0 Å². The monoisotopic (exact) mass is 482 g/mol. The molecule has 2 aliphatic heterocycles. The third-order valence-electron chi connectivity index (χ3n) is 5.65. The van der Waals surface area contributed by atoms with E-state index in [2.05, 4.69) is 9.97 Å². The lowest BCUT2D eigenvalue weighted by atomic mass is 10.1. The number of pyridine rings is 2. The molecule has 8 nitrogen and oxygen atoms in total. The maximum absolute atomic E-state index is 13.7. The lowest BCUT2D eigenvalue weighted by Crippen LogP contribution is -2.51. The number of likely N-dealkylation sites (N-methyl/N-ethyl adjacent to an activating group) is 1. The number of ether oxygens (including phenoxy) is 2. The van der Waals surface area contributed by atoms with Gasteiger partial charge in [-0.15, -0.1) is 0 Å². The molecule has 2 aromatic rings. The normalized spacial score (nSPS) is 23.9. The van der Waals surface area contributed by atoms with Gasteiger partial charge in [-0.05, 0) is 52.0 Å². The van der Waals surface area contributed by atoms with Gasteiger partial charge in [0.2, 0.25) is 0 Å². The van der Waals surface area contributed by atoms with Crippen molar-refractivity contribution in [3.05, 3.63) is 47.0 Å². The predicted octanol–water partition coefficient (Wildman–Crippen LogP) is 3.15. The van der Waals surface area contributed by atoms with Crippen molar-refractivity contribution < 1.29 is 36.6 Å². The Morgan fingerprint density at radius 1 is 1.15 bits per heavy atom. The number of alkyl halides is 3. The predicted molar refractivity (Wildman–Crippen MR) is 111 cm³/mol. The van der Waals surface area contributed by atoms with Crippen LogP contribution in [-0.4, -0.2) is 52.9 Å². The van der Waals surface area contributed by atoms with E-state index in [0.717, 1.165) is 21.9 Å². The van der Waals surface area contributed by atoms with Gasteiger partial charge in [0.15, 0.2) is 11.9 Å². The van der Waals surface area contributed by atoms with Crippen molar-refractivity contribution in [3.63, 3.8) is 0 Å². The molecule has 0 radical (unpaired) electrons. The number of carbonyl (C=O) groups excluding carboxylic acids is 2. The first kappa shape index (κ1) is 24.0. The van der Waals surface area contributed by atoms with E-state index in [4.69, 9.17) is 9.47 Å². The molecular formula is C22H22F4N4O4. The van der Waals surface area contributed by atoms with Crippen LogP contribution in [0.2, 0.25) is 0 Å². The molecule has 0 aliphatic carbocycles. The minimum Gasteiger partial charge on any atom is -0.341 e. The highest BCUT2D eigenvalue weighted by Crippen LogP contribution is 2.41. The van der Waals surface area contributed by atoms with Crippen LogP contribution in [0.4, 0.5) is 29.2 Å². The first-order chi connectivity index (χ1) is 15.7. The van der Waals surface area contributed by atoms with E-state index in [-0.39, 0.29) is 23.0 Å². The van der Waals surface area contributed by atoms with Gasteiger partial charge in [-0.25, -0.2) is 14.4 Å². The van der Waals surface area contributed by atoms with Crippen molar-refractivity contribution in [2.45, 2.75) is 57.9 Å². The van der Waals surface area contributed by atoms with Gasteiger partial charge in [0.1, 0.15) is 29.6 Å². The van der Waals surface area contributed by atoms with E-state index in [1.54, 1.807) is 13.8 Å². The van der Waals surface area contributed by atoms with Crippen molar-refractivity contribution in [1.82, 2.24) is 9.97 Å². The van der Waals surface area contributed by atoms with Gasteiger partial charge >= 0.3 is 6.18 Å². The Balaban J connectivity index is 1.80. The minimum absolute atomic E-state index is 0.00670. The zero-order valence-corrected chi connectivity index (χ0v) is 19.0. The molecular weight excluding hydrogens is 460 g/mol. The largest absolute Gasteiger partial charge is 0.416 e. The van der Waals surface area contributed by atoms with Gasteiger partial charge in [0, 0.05) is 12.7 Å². The fourth-order valence-electron chi connectivity index (χ4n) is 4.11. The van der Waals surface area contributed by atoms with E-state index < -0.39 is 53.4 Å². The Hall–Kier alpha value is -3.12. The SMILES string of the molecule is Cc1cc(C(F)(F)F)cc(N2C(=O)[C@H]3OC(C)(C)O[C@H]3[C@H]2C(=O)N(C)c2ccc(F)c(C)n2)n1. The number of hydrogen-bond acceptors (Lipinski definition) is 6. The highest BCUT2D eigenvalue weighted by atomic mass is 19.4. The average molecular weight is 482 g/mol. The lowest BCUT2D eigenvalue weighted by molar-refractivity contribution is -0.161. The van der Waals surface area contributed by atoms with E-state index in [1.807, 2.05) is 0 Å². The van der Waals surface area contributed by atoms with Crippen LogP contribution in [0.3, 0.4) is 0 Å². The fourth-order valence-corrected chi connectivity index (χ4v) is 4.11. The first-order valence-electron chi connectivity index (χ1n) is 10.3. The Bertz CT molecular complexity index is 1170. The van der Waals surface area contributed by atoms with Gasteiger partial charge in [-0.3, -0.25) is 19.4 Å². The standard InChI is InChI=1S/C22H22F4N4O4/c1-10-8-12(22(24,25)26)9-15(27-10)30-16(17-18(20(30)32)34-21(3,4)33-17)19(31)29(5)14-7-6-13(23)11(2)28-14/h6-9,16-18H,1-5H3/t16-,17-,18-/m0/s1. The second-order valence-electron chi connectivity index (χ2n) is 8.66. The summed E-state index contributed by atoms with van der Waals surface area (Å²) in [6.45, 7) is 5.90. The summed E-state index contributed by atoms with van der Waals surface area (Å²) in [6.07, 6.45) is -7.03. The van der Waals surface area contributed by atoms with Crippen LogP contribution in [0.25, 0.3) is 0 Å². The average Bonchev–Trinajstić information content (AvgIpc) is 3.18. The number of rotatable bonds is 3. The van der Waals surface area contributed by atoms with Crippen LogP contribution in [0, 0.1) is 19.7 Å². The molecule has 182 valence electrons. The highest BCUT2D eigenvalue weighted by Gasteiger charge is 2.61. The second-order valence-corrected chi connectivity index (χ2v) is 8.66. The number of carbonyl (C=O) groups is 2. The van der Waals surface area contributed by atoms with E-state index in [0.29, 0.717) is 6.07 Å². The van der Waals surface area contributed by atoms with Gasteiger partial charge in [-0.1, -0.05) is 0 Å². The number of aryl methyl sites for hydroxylation is 2. The zero-order chi connectivity index (χ0) is 25.2. The van der Waals surface area contributed by atoms with E-state index in [1.165, 1.54) is 27.0 Å². The number of halogens is 4. The maximum atomic E-state index is 13.7. The number of nitrogens with zero attached hydrogens (tertiary/aromatic N) is 4. The summed E-state index contributed by atoms with van der Waals surface area (Å²) in [6, 6.07) is 2.57. The maximum Gasteiger partial charge on any atom is 0.416 e. The molecule has 34 heavy (non-hydrogen) atoms. The molecule has 0 unspecified atom stereocenters. The molecule has 4 rings (SSSR count). The van der Waals surface area contributed by atoms with E-state index in [9.17, 15) is 27.2 Å². The number of hydrogen-bond donors (Lipinski definition) is 0. The topological polar surface area (TPSA) is 84.9 Å². The van der Waals surface area contributed by atoms with Crippen LogP contribution in [0.1, 0.15) is 30.8 Å². The van der Waals surface area contributed by atoms with Gasteiger partial charge in [0.05, 0.1) is 11.3 Å². The van der Waals surface area contributed by atoms with Crippen molar-refractivity contribution in [2.24, 2.45) is 0 Å². The first-order valence-corrected chi connectivity index (χ1v) is 10.3. The van der Waals surface area contributed by atoms with E-state index >= 15 is 0 Å². The molecule has 2 aliphatic rings. The van der Waals surface area contributed by atoms with Crippen LogP contribution in [-0.2, 0) is 25.2 Å². The summed E-state index contributed by atoms with van der Waals surface area (Å²) in [4.78, 5) is 37.0. The molecule has 0 saturated carbocycles. The van der Waals surface area contributed by atoms with Crippen molar-refractivity contribution in [3.8, 4) is 0 Å². The molecule has 12 heteroatoms. The lowest BCUT2D eigenvalue weighted by Gasteiger charge is -2.31. The van der Waals surface area contributed by atoms with Gasteiger partial charge < -0.3 is 9.47 Å². The summed E-state index contributed by atoms with van der Waals surface area (Å²) in [5.41, 5.74) is -0.962. The molecule has 0 spiro atoms. The van der Waals surface area contributed by atoms with Crippen molar-refractivity contribution in [2.75, 3.05) is 16.8 Å². The fraction of sp³-hybridized carbons (Fsp3) is 0.455. The molecule has 2 aromatic heterocycles. The third-order valence-corrected chi connectivity index (χ3v) is 5.65. The van der Waals surface area contributed by atoms with Gasteiger partial charge in [0.25, 0.3) is 11.8 Å².